The van der Waals surface area contributed by atoms with Crippen LogP contribution in [0.1, 0.15) is 33.2 Å². The van der Waals surface area contributed by atoms with Gasteiger partial charge in [0.05, 0.1) is 12.7 Å². The molecule has 1 atom stereocenters. The summed E-state index contributed by atoms with van der Waals surface area (Å²) in [6, 6.07) is 21.7. The Morgan fingerprint density at radius 3 is 2.24 bits per heavy atom. The van der Waals surface area contributed by atoms with E-state index < -0.39 is 12.1 Å². The van der Waals surface area contributed by atoms with Crippen molar-refractivity contribution >= 4 is 17.6 Å². The van der Waals surface area contributed by atoms with Crippen LogP contribution in [0.25, 0.3) is 0 Å². The number of carbonyl (C=O) groups is 2. The van der Waals surface area contributed by atoms with Gasteiger partial charge >= 0.3 is 5.97 Å². The average Bonchev–Trinajstić information content (AvgIpc) is 2.75. The van der Waals surface area contributed by atoms with Crippen LogP contribution in [0, 0.1) is 13.8 Å². The highest BCUT2D eigenvalue weighted by atomic mass is 16.5. The highest BCUT2D eigenvalue weighted by Crippen LogP contribution is 2.25. The molecule has 0 unspecified atom stereocenters. The molecule has 0 aliphatic carbocycles. The standard InChI is InChI=1S/C24H23NO4/c1-16-9-10-17(2)21(15-16)25-23(26)22(18-7-5-4-6-8-18)29-20-13-11-19(12-14-20)24(27)28-3/h4-15,22H,1-3H3,(H,25,26)/t22-/m0/s1. The molecule has 3 rings (SSSR count). The number of benzene rings is 3. The van der Waals surface area contributed by atoms with Crippen molar-refractivity contribution in [2.24, 2.45) is 0 Å². The summed E-state index contributed by atoms with van der Waals surface area (Å²) in [5.41, 5.74) is 3.92. The normalized spacial score (nSPS) is 11.4. The number of rotatable bonds is 6. The Labute approximate surface area is 170 Å². The van der Waals surface area contributed by atoms with Gasteiger partial charge in [-0.05, 0) is 55.3 Å². The van der Waals surface area contributed by atoms with Crippen molar-refractivity contribution in [2.75, 3.05) is 12.4 Å². The molecule has 0 saturated heterocycles. The maximum atomic E-state index is 13.1. The van der Waals surface area contributed by atoms with Crippen molar-refractivity contribution in [3.8, 4) is 5.75 Å². The lowest BCUT2D eigenvalue weighted by molar-refractivity contribution is -0.123. The second-order valence-electron chi connectivity index (χ2n) is 6.73. The van der Waals surface area contributed by atoms with Crippen LogP contribution >= 0.6 is 0 Å². The molecule has 0 aliphatic heterocycles. The zero-order valence-corrected chi connectivity index (χ0v) is 16.6. The molecule has 0 aromatic heterocycles. The summed E-state index contributed by atoms with van der Waals surface area (Å²) < 4.78 is 10.7. The van der Waals surface area contributed by atoms with E-state index in [0.29, 0.717) is 11.3 Å². The topological polar surface area (TPSA) is 64.6 Å². The number of esters is 1. The van der Waals surface area contributed by atoms with E-state index in [0.717, 1.165) is 22.4 Å². The van der Waals surface area contributed by atoms with Crippen molar-refractivity contribution in [3.63, 3.8) is 0 Å². The number of hydrogen-bond acceptors (Lipinski definition) is 4. The molecule has 0 spiro atoms. The van der Waals surface area contributed by atoms with E-state index in [1.165, 1.54) is 7.11 Å². The molecule has 0 fully saturated rings. The molecule has 5 nitrogen and oxygen atoms in total. The van der Waals surface area contributed by atoms with E-state index in [9.17, 15) is 9.59 Å². The summed E-state index contributed by atoms with van der Waals surface area (Å²) in [4.78, 5) is 24.7. The molecular formula is C24H23NO4. The van der Waals surface area contributed by atoms with Gasteiger partial charge in [0.2, 0.25) is 6.10 Å². The van der Waals surface area contributed by atoms with Crippen LogP contribution in [0.5, 0.6) is 5.75 Å². The van der Waals surface area contributed by atoms with E-state index >= 15 is 0 Å². The van der Waals surface area contributed by atoms with Crippen molar-refractivity contribution in [1.29, 1.82) is 0 Å². The first-order chi connectivity index (χ1) is 14.0. The summed E-state index contributed by atoms with van der Waals surface area (Å²) in [7, 11) is 1.33. The minimum absolute atomic E-state index is 0.276. The van der Waals surface area contributed by atoms with Crippen LogP contribution in [0.4, 0.5) is 5.69 Å². The van der Waals surface area contributed by atoms with Gasteiger partial charge < -0.3 is 14.8 Å². The van der Waals surface area contributed by atoms with Crippen LogP contribution in [-0.4, -0.2) is 19.0 Å². The van der Waals surface area contributed by atoms with Crippen molar-refractivity contribution in [3.05, 3.63) is 95.1 Å². The van der Waals surface area contributed by atoms with Crippen LogP contribution in [0.2, 0.25) is 0 Å². The molecule has 5 heteroatoms. The van der Waals surface area contributed by atoms with Gasteiger partial charge in [0.15, 0.2) is 0 Å². The lowest BCUT2D eigenvalue weighted by Gasteiger charge is -2.20. The maximum Gasteiger partial charge on any atom is 0.337 e. The SMILES string of the molecule is COC(=O)c1ccc(O[C@H](C(=O)Nc2cc(C)ccc2C)c2ccccc2)cc1. The van der Waals surface area contributed by atoms with Crippen LogP contribution in [0.15, 0.2) is 72.8 Å². The van der Waals surface area contributed by atoms with E-state index in [1.807, 2.05) is 62.4 Å². The molecular weight excluding hydrogens is 366 g/mol. The number of methoxy groups -OCH3 is 1. The largest absolute Gasteiger partial charge is 0.476 e. The summed E-state index contributed by atoms with van der Waals surface area (Å²) in [5.74, 6) is -0.228. The molecule has 0 radical (unpaired) electrons. The predicted octanol–water partition coefficient (Wildman–Crippen LogP) is 4.85. The first-order valence-electron chi connectivity index (χ1n) is 9.26. The third kappa shape index (κ3) is 5.02. The van der Waals surface area contributed by atoms with Crippen molar-refractivity contribution < 1.29 is 19.1 Å². The van der Waals surface area contributed by atoms with E-state index in [1.54, 1.807) is 24.3 Å². The summed E-state index contributed by atoms with van der Waals surface area (Å²) in [6.45, 7) is 3.92. The highest BCUT2D eigenvalue weighted by Gasteiger charge is 2.23. The van der Waals surface area contributed by atoms with Gasteiger partial charge in [-0.3, -0.25) is 4.79 Å². The van der Waals surface area contributed by atoms with Gasteiger partial charge in [0, 0.05) is 11.3 Å². The zero-order chi connectivity index (χ0) is 20.8. The highest BCUT2D eigenvalue weighted by molar-refractivity contribution is 5.96. The Morgan fingerprint density at radius 2 is 1.59 bits per heavy atom. The fraction of sp³-hybridized carbons (Fsp3) is 0.167. The fourth-order valence-electron chi connectivity index (χ4n) is 2.89. The lowest BCUT2D eigenvalue weighted by Crippen LogP contribution is -2.26. The van der Waals surface area contributed by atoms with Gasteiger partial charge in [-0.1, -0.05) is 42.5 Å². The lowest BCUT2D eigenvalue weighted by atomic mass is 10.1. The summed E-state index contributed by atoms with van der Waals surface area (Å²) in [5, 5.41) is 2.97. The number of amides is 1. The van der Waals surface area contributed by atoms with E-state index in [-0.39, 0.29) is 5.91 Å². The van der Waals surface area contributed by atoms with Crippen LogP contribution < -0.4 is 10.1 Å². The smallest absolute Gasteiger partial charge is 0.337 e. The van der Waals surface area contributed by atoms with Crippen molar-refractivity contribution in [2.45, 2.75) is 20.0 Å². The van der Waals surface area contributed by atoms with Gasteiger partial charge in [0.1, 0.15) is 5.75 Å². The number of carbonyl (C=O) groups excluding carboxylic acids is 2. The fourth-order valence-corrected chi connectivity index (χ4v) is 2.89. The number of ether oxygens (including phenoxy) is 2. The average molecular weight is 389 g/mol. The second kappa shape index (κ2) is 9.06. The maximum absolute atomic E-state index is 13.1. The minimum Gasteiger partial charge on any atom is -0.476 e. The molecule has 0 heterocycles. The number of aryl methyl sites for hydroxylation is 2. The third-order valence-electron chi connectivity index (χ3n) is 4.52. The van der Waals surface area contributed by atoms with E-state index in [4.69, 9.17) is 9.47 Å². The Bertz CT molecular complexity index is 997. The zero-order valence-electron chi connectivity index (χ0n) is 16.6. The number of nitrogens with one attached hydrogen (secondary N) is 1. The Hall–Kier alpha value is -3.60. The van der Waals surface area contributed by atoms with Gasteiger partial charge in [0.25, 0.3) is 5.91 Å². The first kappa shape index (κ1) is 20.1. The Balaban J connectivity index is 1.86. The van der Waals surface area contributed by atoms with Gasteiger partial charge in [-0.2, -0.15) is 0 Å². The summed E-state index contributed by atoms with van der Waals surface area (Å²) in [6.07, 6.45) is -0.847. The molecule has 0 bridgehead atoms. The monoisotopic (exact) mass is 389 g/mol. The van der Waals surface area contributed by atoms with Crippen molar-refractivity contribution in [1.82, 2.24) is 0 Å². The Morgan fingerprint density at radius 1 is 0.897 bits per heavy atom. The first-order valence-corrected chi connectivity index (χ1v) is 9.26. The molecule has 148 valence electrons. The quantitative estimate of drug-likeness (QED) is 0.612. The van der Waals surface area contributed by atoms with Gasteiger partial charge in [-0.25, -0.2) is 4.79 Å². The molecule has 29 heavy (non-hydrogen) atoms. The second-order valence-corrected chi connectivity index (χ2v) is 6.73. The van der Waals surface area contributed by atoms with Crippen LogP contribution in [0.3, 0.4) is 0 Å². The molecule has 0 saturated carbocycles. The van der Waals surface area contributed by atoms with Crippen LogP contribution in [-0.2, 0) is 9.53 Å². The molecule has 3 aromatic rings. The number of anilines is 1. The molecule has 0 aliphatic rings. The summed E-state index contributed by atoms with van der Waals surface area (Å²) >= 11 is 0. The molecule has 1 N–H and O–H groups in total. The third-order valence-corrected chi connectivity index (χ3v) is 4.52. The minimum atomic E-state index is -0.847. The Kier molecular flexibility index (Phi) is 6.29. The molecule has 1 amide bonds. The molecule has 3 aromatic carbocycles. The number of hydrogen-bond donors (Lipinski definition) is 1. The predicted molar refractivity (Wildman–Crippen MR) is 112 cm³/mol. The van der Waals surface area contributed by atoms with E-state index in [2.05, 4.69) is 5.32 Å². The van der Waals surface area contributed by atoms with Gasteiger partial charge in [-0.15, -0.1) is 0 Å².